The van der Waals surface area contributed by atoms with E-state index >= 15 is 0 Å². The minimum atomic E-state index is 0. The summed E-state index contributed by atoms with van der Waals surface area (Å²) in [5, 5.41) is 23.0. The van der Waals surface area contributed by atoms with Crippen molar-refractivity contribution in [3.05, 3.63) is 133 Å². The topological polar surface area (TPSA) is 83.4 Å². The summed E-state index contributed by atoms with van der Waals surface area (Å²) in [4.78, 5) is 10.5. The summed E-state index contributed by atoms with van der Waals surface area (Å²) in [6, 6.07) is 27.3. The summed E-state index contributed by atoms with van der Waals surface area (Å²) in [5.74, 6) is 0. The van der Waals surface area contributed by atoms with Crippen LogP contribution in [0.3, 0.4) is 0 Å². The molecule has 0 saturated heterocycles. The average Bonchev–Trinajstić information content (AvgIpc) is 3.62. The van der Waals surface area contributed by atoms with Gasteiger partial charge in [-0.15, -0.1) is 46.2 Å². The molecule has 8 heteroatoms. The number of nitriles is 2. The summed E-state index contributed by atoms with van der Waals surface area (Å²) < 4.78 is 0. The number of hydrogen-bond donors (Lipinski definition) is 1. The summed E-state index contributed by atoms with van der Waals surface area (Å²) in [7, 11) is 4.02. The molecule has 6 rings (SSSR count). The molecular weight excluding hydrogens is 750 g/mol. The number of hydrogen-bond acceptors (Lipinski definition) is 6. The summed E-state index contributed by atoms with van der Waals surface area (Å²) in [6.07, 6.45) is 8.08. The molecule has 1 N–H and O–H groups in total. The van der Waals surface area contributed by atoms with Gasteiger partial charge in [0.25, 0.3) is 0 Å². The van der Waals surface area contributed by atoms with Crippen LogP contribution < -0.4 is 15.2 Å². The number of nitrogens with zero attached hydrogens (tertiary/aromatic N) is 6. The quantitative estimate of drug-likeness (QED) is 0.174. The number of anilines is 2. The van der Waals surface area contributed by atoms with Gasteiger partial charge in [0.05, 0.1) is 23.3 Å². The molecule has 0 atom stereocenters. The number of benzene rings is 4. The van der Waals surface area contributed by atoms with E-state index in [1.165, 1.54) is 27.8 Å². The van der Waals surface area contributed by atoms with Crippen LogP contribution in [0.1, 0.15) is 34.7 Å². The average molecular weight is 785 g/mol. The smallest absolute Gasteiger partial charge is 0.657 e. The van der Waals surface area contributed by atoms with Crippen LogP contribution in [0.25, 0.3) is 32.9 Å². The first-order valence-electron chi connectivity index (χ1n) is 14.6. The van der Waals surface area contributed by atoms with Crippen molar-refractivity contribution in [1.82, 2.24) is 14.8 Å². The van der Waals surface area contributed by atoms with Gasteiger partial charge in [-0.05, 0) is 112 Å². The molecule has 7 nitrogen and oxygen atoms in total. The number of rotatable bonds is 6. The standard InChI is InChI=1S/C24H29N4.C14H6N3.Pt/c1-7-8-26(5)16-25-22-13-21(24-19(3)11-18(2)12-20(24)4)14-23(15-22)28-10-9-27(6)17-28;15-7-9-1-3-13-11(5-9)12-6-10(8-16)2-4-14(12)17-13;/h7-14,16-17,25H,1-6H3;1-6H;/q-3;-1;+4/b8-7-;;. The largest absolute Gasteiger partial charge is 4.00 e. The Hall–Kier alpha value is -4.97. The molecule has 0 radical (unpaired) electrons. The molecule has 1 aliphatic rings. The third-order valence-electron chi connectivity index (χ3n) is 7.46. The van der Waals surface area contributed by atoms with Crippen molar-refractivity contribution in [2.24, 2.45) is 0 Å². The molecule has 0 saturated carbocycles. The third kappa shape index (κ3) is 7.63. The fraction of sp³-hybridized carbons (Fsp3) is 0.158. The fourth-order valence-corrected chi connectivity index (χ4v) is 5.56. The first-order chi connectivity index (χ1) is 21.7. The molecule has 0 fully saturated rings. The number of allylic oxidation sites excluding steroid dienone is 1. The normalized spacial score (nSPS) is 12.1. The Morgan fingerprint density at radius 2 is 1.52 bits per heavy atom. The predicted octanol–water partition coefficient (Wildman–Crippen LogP) is 8.11. The maximum absolute atomic E-state index is 8.88. The van der Waals surface area contributed by atoms with Crippen LogP contribution in [0.15, 0.2) is 85.3 Å². The van der Waals surface area contributed by atoms with Crippen molar-refractivity contribution in [2.45, 2.75) is 27.7 Å². The van der Waals surface area contributed by atoms with Crippen molar-refractivity contribution in [3.63, 3.8) is 0 Å². The molecule has 2 heterocycles. The Morgan fingerprint density at radius 1 is 0.913 bits per heavy atom. The molecule has 0 bridgehead atoms. The van der Waals surface area contributed by atoms with Crippen molar-refractivity contribution in [2.75, 3.05) is 24.3 Å². The zero-order valence-electron chi connectivity index (χ0n) is 26.7. The number of aromatic nitrogens is 1. The van der Waals surface area contributed by atoms with Gasteiger partial charge in [-0.3, -0.25) is 0 Å². The van der Waals surface area contributed by atoms with Gasteiger partial charge in [0, 0.05) is 0 Å². The number of nitrogens with one attached hydrogen (secondary N) is 1. The predicted molar refractivity (Wildman–Crippen MR) is 183 cm³/mol. The molecule has 1 aromatic heterocycles. The second kappa shape index (κ2) is 14.9. The summed E-state index contributed by atoms with van der Waals surface area (Å²) in [5.41, 5.74) is 11.2. The molecule has 46 heavy (non-hydrogen) atoms. The molecule has 5 aromatic rings. The van der Waals surface area contributed by atoms with Gasteiger partial charge in [-0.2, -0.15) is 23.9 Å². The Morgan fingerprint density at radius 3 is 2.04 bits per heavy atom. The summed E-state index contributed by atoms with van der Waals surface area (Å²) >= 11 is 0. The van der Waals surface area contributed by atoms with Crippen LogP contribution >= 0.6 is 0 Å². The van der Waals surface area contributed by atoms with Gasteiger partial charge in [-0.1, -0.05) is 35.9 Å². The Labute approximate surface area is 286 Å². The van der Waals surface area contributed by atoms with Crippen molar-refractivity contribution >= 4 is 33.2 Å². The zero-order valence-corrected chi connectivity index (χ0v) is 29.0. The van der Waals surface area contributed by atoms with E-state index in [9.17, 15) is 0 Å². The van der Waals surface area contributed by atoms with Gasteiger partial charge in [0.1, 0.15) is 0 Å². The van der Waals surface area contributed by atoms with Crippen LogP contribution in [-0.4, -0.2) is 23.9 Å². The Kier molecular flexibility index (Phi) is 11.0. The molecular formula is C38H35N7Pt. The van der Waals surface area contributed by atoms with Crippen LogP contribution in [-0.2, 0) is 21.1 Å². The molecule has 0 amide bonds. The van der Waals surface area contributed by atoms with Crippen LogP contribution in [0.4, 0.5) is 11.4 Å². The second-order valence-corrected chi connectivity index (χ2v) is 11.1. The molecule has 0 aliphatic carbocycles. The van der Waals surface area contributed by atoms with E-state index in [0.29, 0.717) is 11.1 Å². The minimum absolute atomic E-state index is 0. The van der Waals surface area contributed by atoms with Gasteiger partial charge in [0.15, 0.2) is 0 Å². The zero-order chi connectivity index (χ0) is 32.1. The maximum Gasteiger partial charge on any atom is 4.00 e. The second-order valence-electron chi connectivity index (χ2n) is 11.1. The van der Waals surface area contributed by atoms with Crippen molar-refractivity contribution in [3.8, 4) is 23.3 Å². The Bertz CT molecular complexity index is 1920. The van der Waals surface area contributed by atoms with Crippen molar-refractivity contribution < 1.29 is 21.1 Å². The van der Waals surface area contributed by atoms with E-state index in [-0.39, 0.29) is 21.1 Å². The Balaban J connectivity index is 0.000000228. The van der Waals surface area contributed by atoms with Crippen LogP contribution in [0.5, 0.6) is 0 Å². The minimum Gasteiger partial charge on any atom is -0.657 e. The fourth-order valence-electron chi connectivity index (χ4n) is 5.56. The first-order valence-corrected chi connectivity index (χ1v) is 14.6. The van der Waals surface area contributed by atoms with Gasteiger partial charge < -0.3 is 25.0 Å². The third-order valence-corrected chi connectivity index (χ3v) is 7.46. The molecule has 1 aliphatic heterocycles. The van der Waals surface area contributed by atoms with Crippen molar-refractivity contribution in [1.29, 1.82) is 10.5 Å². The van der Waals surface area contributed by atoms with Crippen LogP contribution in [0.2, 0.25) is 0 Å². The molecule has 4 aromatic carbocycles. The molecule has 0 unspecified atom stereocenters. The molecule has 0 spiro atoms. The molecule has 232 valence electrons. The number of fused-ring (bicyclic) bond motifs is 3. The van der Waals surface area contributed by atoms with E-state index in [0.717, 1.165) is 33.2 Å². The number of aryl methyl sites for hydroxylation is 3. The van der Waals surface area contributed by atoms with Gasteiger partial charge in [-0.25, -0.2) is 0 Å². The van der Waals surface area contributed by atoms with E-state index in [4.69, 9.17) is 10.5 Å². The van der Waals surface area contributed by atoms with Crippen LogP contribution in [0, 0.1) is 62.8 Å². The monoisotopic (exact) mass is 784 g/mol. The summed E-state index contributed by atoms with van der Waals surface area (Å²) in [6.45, 7) is 12.5. The van der Waals surface area contributed by atoms with E-state index in [1.54, 1.807) is 12.1 Å². The SMILES string of the molecule is C/C=C\N(C)[CH-]Nc1[c-]c(N2C=CN(C)[CH-]2)cc(-c2c(C)cc(C)cc2C)c1.N#Cc1ccc2[n-]c3ccc(C#N)cc3c2c1.[Pt+4]. The van der Waals surface area contributed by atoms with E-state index in [1.807, 2.05) is 93.1 Å². The van der Waals surface area contributed by atoms with E-state index in [2.05, 4.69) is 78.4 Å². The first kappa shape index (κ1) is 33.9. The van der Waals surface area contributed by atoms with E-state index < -0.39 is 0 Å². The maximum atomic E-state index is 8.88. The van der Waals surface area contributed by atoms with Gasteiger partial charge >= 0.3 is 21.1 Å². The van der Waals surface area contributed by atoms with Gasteiger partial charge in [0.2, 0.25) is 0 Å².